The highest BCUT2D eigenvalue weighted by Crippen LogP contribution is 2.18. The van der Waals surface area contributed by atoms with Crippen LogP contribution in [-0.4, -0.2) is 6.08 Å². The molecular formula is C9H6N2O. The molecule has 1 rings (SSSR count). The molecule has 1 aromatic carbocycles. The summed E-state index contributed by atoms with van der Waals surface area (Å²) in [5.41, 5.74) is 1.86. The van der Waals surface area contributed by atoms with Gasteiger partial charge in [-0.25, -0.2) is 4.79 Å². The maximum Gasteiger partial charge on any atom is 0.240 e. The minimum atomic E-state index is 0.495. The van der Waals surface area contributed by atoms with Crippen LogP contribution in [0.2, 0.25) is 0 Å². The monoisotopic (exact) mass is 158 g/mol. The van der Waals surface area contributed by atoms with Crippen molar-refractivity contribution in [1.82, 2.24) is 0 Å². The lowest BCUT2D eigenvalue weighted by atomic mass is 10.1. The number of aryl methyl sites for hydroxylation is 1. The zero-order valence-electron chi connectivity index (χ0n) is 6.53. The molecule has 0 heterocycles. The van der Waals surface area contributed by atoms with E-state index in [4.69, 9.17) is 5.26 Å². The van der Waals surface area contributed by atoms with Crippen molar-refractivity contribution in [1.29, 1.82) is 5.26 Å². The molecule has 0 saturated carbocycles. The number of isocyanates is 1. The molecule has 1 aromatic rings. The normalized spacial score (nSPS) is 8.33. The van der Waals surface area contributed by atoms with E-state index in [9.17, 15) is 4.79 Å². The summed E-state index contributed by atoms with van der Waals surface area (Å²) in [6.45, 7) is 1.82. The van der Waals surface area contributed by atoms with Crippen molar-refractivity contribution in [2.24, 2.45) is 4.99 Å². The fourth-order valence-electron chi connectivity index (χ4n) is 0.849. The summed E-state index contributed by atoms with van der Waals surface area (Å²) < 4.78 is 0. The SMILES string of the molecule is Cc1ccc(C#N)cc1N=C=O. The van der Waals surface area contributed by atoms with E-state index in [-0.39, 0.29) is 0 Å². The van der Waals surface area contributed by atoms with Gasteiger partial charge in [-0.1, -0.05) is 6.07 Å². The predicted octanol–water partition coefficient (Wildman–Crippen LogP) is 1.83. The van der Waals surface area contributed by atoms with Gasteiger partial charge in [0.05, 0.1) is 17.3 Å². The highest BCUT2D eigenvalue weighted by Gasteiger charge is 1.97. The molecule has 0 aliphatic rings. The van der Waals surface area contributed by atoms with Gasteiger partial charge in [-0.3, -0.25) is 0 Å². The number of nitriles is 1. The first-order chi connectivity index (χ1) is 5.77. The molecule has 0 aliphatic heterocycles. The summed E-state index contributed by atoms with van der Waals surface area (Å²) in [4.78, 5) is 13.4. The number of nitrogens with zero attached hydrogens (tertiary/aromatic N) is 2. The maximum absolute atomic E-state index is 9.95. The van der Waals surface area contributed by atoms with E-state index in [1.54, 1.807) is 18.2 Å². The lowest BCUT2D eigenvalue weighted by molar-refractivity contribution is 0.565. The quantitative estimate of drug-likeness (QED) is 0.462. The smallest absolute Gasteiger partial charge is 0.211 e. The van der Waals surface area contributed by atoms with Gasteiger partial charge in [0.15, 0.2) is 0 Å². The summed E-state index contributed by atoms with van der Waals surface area (Å²) in [7, 11) is 0. The van der Waals surface area contributed by atoms with Crippen molar-refractivity contribution < 1.29 is 4.79 Å². The van der Waals surface area contributed by atoms with E-state index >= 15 is 0 Å². The molecule has 58 valence electrons. The van der Waals surface area contributed by atoms with Crippen molar-refractivity contribution in [3.8, 4) is 6.07 Å². The summed E-state index contributed by atoms with van der Waals surface area (Å²) in [6, 6.07) is 6.94. The number of carbonyl (C=O) groups excluding carboxylic acids is 1. The van der Waals surface area contributed by atoms with E-state index in [0.29, 0.717) is 11.3 Å². The summed E-state index contributed by atoms with van der Waals surface area (Å²) >= 11 is 0. The maximum atomic E-state index is 9.95. The van der Waals surface area contributed by atoms with Gasteiger partial charge in [0.25, 0.3) is 0 Å². The summed E-state index contributed by atoms with van der Waals surface area (Å²) in [5, 5.41) is 8.53. The number of hydrogen-bond donors (Lipinski definition) is 0. The third-order valence-corrected chi connectivity index (χ3v) is 1.50. The topological polar surface area (TPSA) is 53.2 Å². The molecule has 0 saturated heterocycles. The van der Waals surface area contributed by atoms with Gasteiger partial charge >= 0.3 is 0 Å². The van der Waals surface area contributed by atoms with Crippen LogP contribution >= 0.6 is 0 Å². The molecule has 0 aromatic heterocycles. The Labute approximate surface area is 70.0 Å². The van der Waals surface area contributed by atoms with Crippen molar-refractivity contribution in [3.05, 3.63) is 29.3 Å². The van der Waals surface area contributed by atoms with Crippen molar-refractivity contribution in [2.75, 3.05) is 0 Å². The molecule has 0 N–H and O–H groups in total. The summed E-state index contributed by atoms with van der Waals surface area (Å²) in [6.07, 6.45) is 1.44. The molecule has 12 heavy (non-hydrogen) atoms. The zero-order chi connectivity index (χ0) is 8.97. The van der Waals surface area contributed by atoms with E-state index < -0.39 is 0 Å². The standard InChI is InChI=1S/C9H6N2O/c1-7-2-3-8(5-10)4-9(7)11-6-12/h2-4H,1H3. The lowest BCUT2D eigenvalue weighted by Gasteiger charge is -1.96. The van der Waals surface area contributed by atoms with E-state index in [0.717, 1.165) is 5.56 Å². The highest BCUT2D eigenvalue weighted by molar-refractivity contribution is 5.56. The third-order valence-electron chi connectivity index (χ3n) is 1.50. The van der Waals surface area contributed by atoms with Gasteiger partial charge < -0.3 is 0 Å². The molecule has 0 bridgehead atoms. The zero-order valence-corrected chi connectivity index (χ0v) is 6.53. The van der Waals surface area contributed by atoms with Gasteiger partial charge in [0.2, 0.25) is 6.08 Å². The molecule has 3 heteroatoms. The second-order valence-electron chi connectivity index (χ2n) is 2.32. The van der Waals surface area contributed by atoms with Gasteiger partial charge in [0, 0.05) is 0 Å². The Kier molecular flexibility index (Phi) is 2.37. The van der Waals surface area contributed by atoms with Crippen molar-refractivity contribution in [2.45, 2.75) is 6.92 Å². The Balaban J connectivity index is 3.28. The Morgan fingerprint density at radius 3 is 2.83 bits per heavy atom. The average molecular weight is 158 g/mol. The van der Waals surface area contributed by atoms with E-state index in [2.05, 4.69) is 4.99 Å². The van der Waals surface area contributed by atoms with Gasteiger partial charge in [-0.05, 0) is 24.6 Å². The molecule has 0 atom stereocenters. The molecule has 0 amide bonds. The molecule has 0 fully saturated rings. The fraction of sp³-hybridized carbons (Fsp3) is 0.111. The molecule has 0 aliphatic carbocycles. The first-order valence-corrected chi connectivity index (χ1v) is 3.36. The molecule has 0 spiro atoms. The van der Waals surface area contributed by atoms with Crippen LogP contribution in [0, 0.1) is 18.3 Å². The highest BCUT2D eigenvalue weighted by atomic mass is 16.1. The third kappa shape index (κ3) is 1.57. The van der Waals surface area contributed by atoms with Gasteiger partial charge in [-0.2, -0.15) is 10.3 Å². The number of hydrogen-bond acceptors (Lipinski definition) is 3. The second kappa shape index (κ2) is 3.47. The first kappa shape index (κ1) is 8.19. The predicted molar refractivity (Wildman–Crippen MR) is 43.7 cm³/mol. The number of rotatable bonds is 1. The Bertz CT molecular complexity index is 384. The molecule has 0 unspecified atom stereocenters. The molecule has 3 nitrogen and oxygen atoms in total. The van der Waals surface area contributed by atoms with Crippen LogP contribution in [0.25, 0.3) is 0 Å². The first-order valence-electron chi connectivity index (χ1n) is 3.36. The van der Waals surface area contributed by atoms with Gasteiger partial charge in [0.1, 0.15) is 0 Å². The number of aliphatic imine (C=N–C) groups is 1. The van der Waals surface area contributed by atoms with E-state index in [1.807, 2.05) is 13.0 Å². The molecular weight excluding hydrogens is 152 g/mol. The second-order valence-corrected chi connectivity index (χ2v) is 2.32. The van der Waals surface area contributed by atoms with Gasteiger partial charge in [-0.15, -0.1) is 0 Å². The van der Waals surface area contributed by atoms with Crippen LogP contribution in [0.5, 0.6) is 0 Å². The minimum absolute atomic E-state index is 0.495. The Hall–Kier alpha value is -1.91. The van der Waals surface area contributed by atoms with Crippen LogP contribution in [0.1, 0.15) is 11.1 Å². The van der Waals surface area contributed by atoms with Crippen LogP contribution in [0.4, 0.5) is 5.69 Å². The van der Waals surface area contributed by atoms with Crippen LogP contribution in [0.3, 0.4) is 0 Å². The summed E-state index contributed by atoms with van der Waals surface area (Å²) in [5.74, 6) is 0. The van der Waals surface area contributed by atoms with Crippen LogP contribution < -0.4 is 0 Å². The van der Waals surface area contributed by atoms with Crippen LogP contribution in [0.15, 0.2) is 23.2 Å². The van der Waals surface area contributed by atoms with E-state index in [1.165, 1.54) is 6.08 Å². The largest absolute Gasteiger partial charge is 0.240 e. The lowest BCUT2D eigenvalue weighted by Crippen LogP contribution is -1.77. The average Bonchev–Trinajstić information content (AvgIpc) is 2.09. The Morgan fingerprint density at radius 1 is 1.50 bits per heavy atom. The fourth-order valence-corrected chi connectivity index (χ4v) is 0.849. The van der Waals surface area contributed by atoms with Crippen molar-refractivity contribution in [3.63, 3.8) is 0 Å². The molecule has 0 radical (unpaired) electrons. The van der Waals surface area contributed by atoms with Crippen molar-refractivity contribution >= 4 is 11.8 Å². The van der Waals surface area contributed by atoms with Crippen LogP contribution in [-0.2, 0) is 4.79 Å². The minimum Gasteiger partial charge on any atom is -0.211 e. The Morgan fingerprint density at radius 2 is 2.25 bits per heavy atom. The number of benzene rings is 1.